The van der Waals surface area contributed by atoms with E-state index in [1.807, 2.05) is 12.1 Å². The van der Waals surface area contributed by atoms with Crippen molar-refractivity contribution in [1.29, 1.82) is 0 Å². The average molecular weight is 325 g/mol. The molecule has 3 rings (SSSR count). The van der Waals surface area contributed by atoms with Crippen LogP contribution in [0.25, 0.3) is 0 Å². The zero-order valence-electron chi connectivity index (χ0n) is 13.4. The highest BCUT2D eigenvalue weighted by molar-refractivity contribution is 5.95. The summed E-state index contributed by atoms with van der Waals surface area (Å²) in [5.74, 6) is -0.956. The molecule has 0 bridgehead atoms. The molecule has 124 valence electrons. The highest BCUT2D eigenvalue weighted by Gasteiger charge is 2.24. The molecule has 0 aliphatic heterocycles. The summed E-state index contributed by atoms with van der Waals surface area (Å²) >= 11 is 0. The van der Waals surface area contributed by atoms with E-state index in [0.717, 1.165) is 19.3 Å². The summed E-state index contributed by atoms with van der Waals surface area (Å²) in [7, 11) is 1.41. The molecule has 2 aromatic carbocycles. The molecular formula is C19H19NO4. The fourth-order valence-corrected chi connectivity index (χ4v) is 3.11. The first-order chi connectivity index (χ1) is 11.6. The maximum absolute atomic E-state index is 12.5. The Morgan fingerprint density at radius 1 is 1.17 bits per heavy atom. The van der Waals surface area contributed by atoms with Gasteiger partial charge in [0.2, 0.25) is 5.91 Å². The molecule has 2 N–H and O–H groups in total. The van der Waals surface area contributed by atoms with Crippen molar-refractivity contribution in [2.24, 2.45) is 5.92 Å². The second kappa shape index (κ2) is 6.74. The van der Waals surface area contributed by atoms with Gasteiger partial charge in [-0.25, -0.2) is 4.79 Å². The largest absolute Gasteiger partial charge is 0.496 e. The van der Waals surface area contributed by atoms with Gasteiger partial charge < -0.3 is 15.2 Å². The SMILES string of the molecule is COc1cc(NC(=O)C2CCc3ccccc3C2)ccc1C(=O)O. The van der Waals surface area contributed by atoms with Gasteiger partial charge in [-0.3, -0.25) is 4.79 Å². The van der Waals surface area contributed by atoms with Crippen LogP contribution in [0.2, 0.25) is 0 Å². The Kier molecular flexibility index (Phi) is 4.51. The van der Waals surface area contributed by atoms with Crippen LogP contribution in [0.5, 0.6) is 5.75 Å². The molecule has 1 atom stereocenters. The molecule has 0 heterocycles. The van der Waals surface area contributed by atoms with Gasteiger partial charge in [-0.1, -0.05) is 24.3 Å². The minimum Gasteiger partial charge on any atom is -0.496 e. The molecule has 0 radical (unpaired) electrons. The van der Waals surface area contributed by atoms with E-state index in [1.165, 1.54) is 30.4 Å². The number of amides is 1. The molecule has 0 aromatic heterocycles. The van der Waals surface area contributed by atoms with Gasteiger partial charge in [-0.05, 0) is 42.5 Å². The Labute approximate surface area is 140 Å². The highest BCUT2D eigenvalue weighted by atomic mass is 16.5. The number of carboxylic acid groups (broad SMARTS) is 1. The van der Waals surface area contributed by atoms with Crippen molar-refractivity contribution in [1.82, 2.24) is 0 Å². The predicted molar refractivity (Wildman–Crippen MR) is 90.5 cm³/mol. The lowest BCUT2D eigenvalue weighted by atomic mass is 9.83. The van der Waals surface area contributed by atoms with E-state index in [1.54, 1.807) is 6.07 Å². The van der Waals surface area contributed by atoms with Crippen LogP contribution in [-0.2, 0) is 17.6 Å². The Balaban J connectivity index is 1.73. The lowest BCUT2D eigenvalue weighted by molar-refractivity contribution is -0.120. The first-order valence-electron chi connectivity index (χ1n) is 7.87. The lowest BCUT2D eigenvalue weighted by Crippen LogP contribution is -2.28. The number of carbonyl (C=O) groups is 2. The Morgan fingerprint density at radius 3 is 2.62 bits per heavy atom. The second-order valence-electron chi connectivity index (χ2n) is 5.92. The number of aromatic carboxylic acids is 1. The molecule has 24 heavy (non-hydrogen) atoms. The third-order valence-electron chi connectivity index (χ3n) is 4.42. The molecule has 1 amide bonds. The number of anilines is 1. The molecule has 5 heteroatoms. The Hall–Kier alpha value is -2.82. The zero-order valence-corrected chi connectivity index (χ0v) is 13.4. The fourth-order valence-electron chi connectivity index (χ4n) is 3.11. The summed E-state index contributed by atoms with van der Waals surface area (Å²) in [6.07, 6.45) is 2.44. The number of rotatable bonds is 4. The zero-order chi connectivity index (χ0) is 17.1. The number of carbonyl (C=O) groups excluding carboxylic acids is 1. The van der Waals surface area contributed by atoms with Gasteiger partial charge in [0, 0.05) is 17.7 Å². The molecule has 2 aromatic rings. The third-order valence-corrected chi connectivity index (χ3v) is 4.42. The number of fused-ring (bicyclic) bond motifs is 1. The predicted octanol–water partition coefficient (Wildman–Crippen LogP) is 3.14. The summed E-state index contributed by atoms with van der Waals surface area (Å²) in [6, 6.07) is 12.8. The van der Waals surface area contributed by atoms with E-state index in [2.05, 4.69) is 17.4 Å². The van der Waals surface area contributed by atoms with Gasteiger partial charge in [0.25, 0.3) is 0 Å². The first kappa shape index (κ1) is 16.1. The molecular weight excluding hydrogens is 306 g/mol. The van der Waals surface area contributed by atoms with Crippen LogP contribution in [0, 0.1) is 5.92 Å². The van der Waals surface area contributed by atoms with Crippen LogP contribution < -0.4 is 10.1 Å². The number of ether oxygens (including phenoxy) is 1. The van der Waals surface area contributed by atoms with Gasteiger partial charge >= 0.3 is 5.97 Å². The minimum atomic E-state index is -1.06. The Bertz CT molecular complexity index is 785. The average Bonchev–Trinajstić information content (AvgIpc) is 2.60. The Morgan fingerprint density at radius 2 is 1.92 bits per heavy atom. The van der Waals surface area contributed by atoms with Gasteiger partial charge in [-0.15, -0.1) is 0 Å². The lowest BCUT2D eigenvalue weighted by Gasteiger charge is -2.24. The summed E-state index contributed by atoms with van der Waals surface area (Å²) in [5, 5.41) is 12.0. The number of hydrogen-bond donors (Lipinski definition) is 2. The molecule has 0 spiro atoms. The van der Waals surface area contributed by atoms with Crippen LogP contribution in [-0.4, -0.2) is 24.1 Å². The maximum Gasteiger partial charge on any atom is 0.339 e. The van der Waals surface area contributed by atoms with E-state index >= 15 is 0 Å². The van der Waals surface area contributed by atoms with Crippen LogP contribution in [0.15, 0.2) is 42.5 Å². The van der Waals surface area contributed by atoms with E-state index in [9.17, 15) is 9.59 Å². The van der Waals surface area contributed by atoms with E-state index < -0.39 is 5.97 Å². The van der Waals surface area contributed by atoms with Gasteiger partial charge in [0.15, 0.2) is 0 Å². The van der Waals surface area contributed by atoms with Crippen molar-refractivity contribution in [3.05, 3.63) is 59.2 Å². The van der Waals surface area contributed by atoms with E-state index in [4.69, 9.17) is 9.84 Å². The minimum absolute atomic E-state index is 0.0466. The normalized spacial score (nSPS) is 16.1. The molecule has 5 nitrogen and oxygen atoms in total. The van der Waals surface area contributed by atoms with Crippen molar-refractivity contribution in [3.63, 3.8) is 0 Å². The van der Waals surface area contributed by atoms with Gasteiger partial charge in [-0.2, -0.15) is 0 Å². The standard InChI is InChI=1S/C19H19NO4/c1-24-17-11-15(8-9-16(17)19(22)23)20-18(21)14-7-6-12-4-2-3-5-13(12)10-14/h2-5,8-9,11,14H,6-7,10H2,1H3,(H,20,21)(H,22,23). The summed E-state index contributed by atoms with van der Waals surface area (Å²) in [4.78, 5) is 23.6. The van der Waals surface area contributed by atoms with Crippen LogP contribution in [0.4, 0.5) is 5.69 Å². The summed E-state index contributed by atoms with van der Waals surface area (Å²) in [6.45, 7) is 0. The van der Waals surface area contributed by atoms with Crippen molar-refractivity contribution in [2.45, 2.75) is 19.3 Å². The van der Waals surface area contributed by atoms with Crippen molar-refractivity contribution in [2.75, 3.05) is 12.4 Å². The number of methoxy groups -OCH3 is 1. The number of benzene rings is 2. The summed E-state index contributed by atoms with van der Waals surface area (Å²) in [5.41, 5.74) is 3.15. The van der Waals surface area contributed by atoms with Gasteiger partial charge in [0.1, 0.15) is 11.3 Å². The van der Waals surface area contributed by atoms with Crippen LogP contribution >= 0.6 is 0 Å². The van der Waals surface area contributed by atoms with Crippen molar-refractivity contribution >= 4 is 17.6 Å². The number of aryl methyl sites for hydroxylation is 1. The maximum atomic E-state index is 12.5. The molecule has 0 saturated carbocycles. The molecule has 0 saturated heterocycles. The smallest absolute Gasteiger partial charge is 0.339 e. The molecule has 1 aliphatic rings. The highest BCUT2D eigenvalue weighted by Crippen LogP contribution is 2.28. The topological polar surface area (TPSA) is 75.6 Å². The van der Waals surface area contributed by atoms with E-state index in [-0.39, 0.29) is 23.1 Å². The van der Waals surface area contributed by atoms with Crippen molar-refractivity contribution < 1.29 is 19.4 Å². The van der Waals surface area contributed by atoms with Crippen molar-refractivity contribution in [3.8, 4) is 5.75 Å². The molecule has 1 aliphatic carbocycles. The fraction of sp³-hybridized carbons (Fsp3) is 0.263. The van der Waals surface area contributed by atoms with E-state index in [0.29, 0.717) is 5.69 Å². The van der Waals surface area contributed by atoms with Crippen LogP contribution in [0.3, 0.4) is 0 Å². The van der Waals surface area contributed by atoms with Crippen LogP contribution in [0.1, 0.15) is 27.9 Å². The number of hydrogen-bond acceptors (Lipinski definition) is 3. The summed E-state index contributed by atoms with van der Waals surface area (Å²) < 4.78 is 5.09. The molecule has 1 unspecified atom stereocenters. The quantitative estimate of drug-likeness (QED) is 0.905. The monoisotopic (exact) mass is 325 g/mol. The number of nitrogens with one attached hydrogen (secondary N) is 1. The third kappa shape index (κ3) is 3.25. The first-order valence-corrected chi connectivity index (χ1v) is 7.87. The van der Waals surface area contributed by atoms with Gasteiger partial charge in [0.05, 0.1) is 7.11 Å². The second-order valence-corrected chi connectivity index (χ2v) is 5.92. The molecule has 0 fully saturated rings. The number of carboxylic acids is 1.